The smallest absolute Gasteiger partial charge is 0.330 e. The van der Waals surface area contributed by atoms with Crippen LogP contribution < -0.4 is 0 Å². The molecule has 1 unspecified atom stereocenters. The first kappa shape index (κ1) is 12.9. The summed E-state index contributed by atoms with van der Waals surface area (Å²) in [5.41, 5.74) is 0.481. The Bertz CT molecular complexity index is 385. The highest BCUT2D eigenvalue weighted by atomic mass is 79.9. The highest BCUT2D eigenvalue weighted by Crippen LogP contribution is 2.24. The molecular weight excluding hydrogens is 272 g/mol. The number of Topliss-reactive ketones (excluding diaryl/α,β-unsaturated/α-hetero) is 1. The van der Waals surface area contributed by atoms with E-state index in [-0.39, 0.29) is 12.4 Å². The van der Waals surface area contributed by atoms with Crippen molar-refractivity contribution in [3.63, 3.8) is 0 Å². The number of hydrogen-bond acceptors (Lipinski definition) is 3. The second-order valence-corrected chi connectivity index (χ2v) is 5.00. The molecule has 0 aliphatic heterocycles. The van der Waals surface area contributed by atoms with Gasteiger partial charge < -0.3 is 4.74 Å². The van der Waals surface area contributed by atoms with Gasteiger partial charge in [0.25, 0.3) is 0 Å². The highest BCUT2D eigenvalue weighted by Gasteiger charge is 2.40. The van der Waals surface area contributed by atoms with Gasteiger partial charge in [-0.05, 0) is 13.8 Å². The molecule has 0 saturated carbocycles. The first-order chi connectivity index (χ1) is 7.50. The van der Waals surface area contributed by atoms with Crippen LogP contribution in [0.5, 0.6) is 0 Å². The first-order valence-electron chi connectivity index (χ1n) is 4.96. The second kappa shape index (κ2) is 5.25. The van der Waals surface area contributed by atoms with Crippen LogP contribution in [0.15, 0.2) is 30.3 Å². The number of carbonyl (C=O) groups is 2. The van der Waals surface area contributed by atoms with Crippen LogP contribution in [0.1, 0.15) is 24.2 Å². The number of esters is 1. The SMILES string of the molecule is CCOC(=O)C(C)(Br)C(=O)c1ccccc1. The van der Waals surface area contributed by atoms with Crippen LogP contribution in [0, 0.1) is 0 Å². The zero-order chi connectivity index (χ0) is 12.2. The quantitative estimate of drug-likeness (QED) is 0.369. The van der Waals surface area contributed by atoms with Gasteiger partial charge in [0.1, 0.15) is 0 Å². The van der Waals surface area contributed by atoms with Gasteiger partial charge >= 0.3 is 5.97 Å². The summed E-state index contributed by atoms with van der Waals surface area (Å²) in [6.07, 6.45) is 0. The molecule has 1 aromatic carbocycles. The lowest BCUT2D eigenvalue weighted by Gasteiger charge is -2.18. The maximum absolute atomic E-state index is 12.0. The molecule has 0 spiro atoms. The fourth-order valence-corrected chi connectivity index (χ4v) is 1.56. The molecule has 0 aliphatic carbocycles. The summed E-state index contributed by atoms with van der Waals surface area (Å²) in [7, 11) is 0. The van der Waals surface area contributed by atoms with Crippen LogP contribution >= 0.6 is 15.9 Å². The van der Waals surface area contributed by atoms with Gasteiger partial charge in [-0.2, -0.15) is 0 Å². The predicted molar refractivity (Wildman–Crippen MR) is 64.7 cm³/mol. The first-order valence-corrected chi connectivity index (χ1v) is 5.75. The molecule has 0 bridgehead atoms. The molecular formula is C12H13BrO3. The van der Waals surface area contributed by atoms with Crippen molar-refractivity contribution >= 4 is 27.7 Å². The number of hydrogen-bond donors (Lipinski definition) is 0. The van der Waals surface area contributed by atoms with Crippen molar-refractivity contribution in [2.24, 2.45) is 0 Å². The summed E-state index contributed by atoms with van der Waals surface area (Å²) in [5.74, 6) is -0.865. The van der Waals surface area contributed by atoms with Crippen molar-refractivity contribution in [1.29, 1.82) is 0 Å². The third-order valence-corrected chi connectivity index (χ3v) is 2.81. The number of ketones is 1. The Morgan fingerprint density at radius 2 is 1.88 bits per heavy atom. The lowest BCUT2D eigenvalue weighted by atomic mass is 9.99. The molecule has 1 atom stereocenters. The van der Waals surface area contributed by atoms with Crippen LogP contribution in [0.25, 0.3) is 0 Å². The number of ether oxygens (including phenoxy) is 1. The van der Waals surface area contributed by atoms with Gasteiger partial charge in [-0.1, -0.05) is 46.3 Å². The monoisotopic (exact) mass is 284 g/mol. The van der Waals surface area contributed by atoms with Crippen LogP contribution in [0.2, 0.25) is 0 Å². The van der Waals surface area contributed by atoms with Crippen LogP contribution in [0.4, 0.5) is 0 Å². The molecule has 0 fully saturated rings. The molecule has 4 heteroatoms. The molecule has 0 saturated heterocycles. The average molecular weight is 285 g/mol. The van der Waals surface area contributed by atoms with Gasteiger partial charge in [0.15, 0.2) is 10.1 Å². The van der Waals surface area contributed by atoms with Crippen LogP contribution in [-0.2, 0) is 9.53 Å². The molecule has 16 heavy (non-hydrogen) atoms. The summed E-state index contributed by atoms with van der Waals surface area (Å²) in [4.78, 5) is 23.6. The lowest BCUT2D eigenvalue weighted by molar-refractivity contribution is -0.143. The summed E-state index contributed by atoms with van der Waals surface area (Å²) < 4.78 is 3.53. The Morgan fingerprint density at radius 1 is 1.31 bits per heavy atom. The number of rotatable bonds is 4. The van der Waals surface area contributed by atoms with E-state index < -0.39 is 10.3 Å². The van der Waals surface area contributed by atoms with E-state index in [0.29, 0.717) is 5.56 Å². The molecule has 1 rings (SSSR count). The molecule has 0 aromatic heterocycles. The van der Waals surface area contributed by atoms with E-state index in [1.165, 1.54) is 6.92 Å². The molecule has 86 valence electrons. The molecule has 0 amide bonds. The van der Waals surface area contributed by atoms with E-state index in [9.17, 15) is 9.59 Å². The Balaban J connectivity index is 2.92. The summed E-state index contributed by atoms with van der Waals surface area (Å²) in [5, 5.41) is 0. The molecule has 3 nitrogen and oxygen atoms in total. The molecule has 1 aromatic rings. The van der Waals surface area contributed by atoms with Gasteiger partial charge in [-0.25, -0.2) is 0 Å². The fraction of sp³-hybridized carbons (Fsp3) is 0.333. The Kier molecular flexibility index (Phi) is 4.24. The molecule has 0 N–H and O–H groups in total. The second-order valence-electron chi connectivity index (χ2n) is 3.42. The van der Waals surface area contributed by atoms with E-state index in [4.69, 9.17) is 4.74 Å². The van der Waals surface area contributed by atoms with Gasteiger partial charge in [-0.3, -0.25) is 9.59 Å². The van der Waals surface area contributed by atoms with Crippen molar-refractivity contribution in [2.75, 3.05) is 6.61 Å². The average Bonchev–Trinajstić information content (AvgIpc) is 2.29. The minimum Gasteiger partial charge on any atom is -0.465 e. The van der Waals surface area contributed by atoms with Gasteiger partial charge in [0, 0.05) is 5.56 Å². The molecule has 0 heterocycles. The topological polar surface area (TPSA) is 43.4 Å². The number of carbonyl (C=O) groups excluding carboxylic acids is 2. The van der Waals surface area contributed by atoms with Gasteiger partial charge in [0.2, 0.25) is 0 Å². The highest BCUT2D eigenvalue weighted by molar-refractivity contribution is 9.10. The van der Waals surface area contributed by atoms with Crippen molar-refractivity contribution < 1.29 is 14.3 Å². The summed E-state index contributed by atoms with van der Waals surface area (Å²) in [6.45, 7) is 3.45. The van der Waals surface area contributed by atoms with E-state index in [0.717, 1.165) is 0 Å². The summed E-state index contributed by atoms with van der Waals surface area (Å²) in [6, 6.07) is 8.65. The van der Waals surface area contributed by atoms with Crippen molar-refractivity contribution in [2.45, 2.75) is 18.2 Å². The Hall–Kier alpha value is -1.16. The molecule has 0 radical (unpaired) electrons. The fourth-order valence-electron chi connectivity index (χ4n) is 1.22. The number of halogens is 1. The number of alkyl halides is 1. The van der Waals surface area contributed by atoms with Gasteiger partial charge in [0.05, 0.1) is 6.61 Å². The zero-order valence-corrected chi connectivity index (χ0v) is 10.8. The van der Waals surface area contributed by atoms with E-state index in [1.807, 2.05) is 6.07 Å². The van der Waals surface area contributed by atoms with Crippen molar-refractivity contribution in [3.05, 3.63) is 35.9 Å². The van der Waals surface area contributed by atoms with Crippen molar-refractivity contribution in [3.8, 4) is 0 Å². The standard InChI is InChI=1S/C12H13BrO3/c1-3-16-11(15)12(2,13)10(14)9-7-5-4-6-8-9/h4-8H,3H2,1-2H3. The van der Waals surface area contributed by atoms with Crippen molar-refractivity contribution in [1.82, 2.24) is 0 Å². The Morgan fingerprint density at radius 3 is 2.38 bits per heavy atom. The van der Waals surface area contributed by atoms with Gasteiger partial charge in [-0.15, -0.1) is 0 Å². The number of benzene rings is 1. The maximum Gasteiger partial charge on any atom is 0.330 e. The lowest BCUT2D eigenvalue weighted by Crippen LogP contribution is -2.39. The third kappa shape index (κ3) is 2.70. The normalized spacial score (nSPS) is 13.9. The molecule has 0 aliphatic rings. The summed E-state index contributed by atoms with van der Waals surface area (Å²) >= 11 is 3.13. The van der Waals surface area contributed by atoms with Crippen LogP contribution in [0.3, 0.4) is 0 Å². The van der Waals surface area contributed by atoms with E-state index in [1.54, 1.807) is 31.2 Å². The third-order valence-electron chi connectivity index (χ3n) is 2.12. The minimum atomic E-state index is -1.32. The zero-order valence-electron chi connectivity index (χ0n) is 9.20. The van der Waals surface area contributed by atoms with E-state index in [2.05, 4.69) is 15.9 Å². The minimum absolute atomic E-state index is 0.252. The maximum atomic E-state index is 12.0. The van der Waals surface area contributed by atoms with E-state index >= 15 is 0 Å². The predicted octanol–water partition coefficient (Wildman–Crippen LogP) is 2.59. The van der Waals surface area contributed by atoms with Crippen LogP contribution in [-0.4, -0.2) is 22.7 Å². The largest absolute Gasteiger partial charge is 0.465 e. The Labute approximate surface area is 103 Å².